The smallest absolute Gasteiger partial charge is 0.314 e. The molecule has 0 radical (unpaired) electrons. The van der Waals surface area contributed by atoms with E-state index in [9.17, 15) is 19.7 Å². The van der Waals surface area contributed by atoms with Gasteiger partial charge in [-0.05, 0) is 30.3 Å². The Kier molecular flexibility index (Phi) is 5.79. The molecule has 25 heavy (non-hydrogen) atoms. The Balaban J connectivity index is 2.14. The van der Waals surface area contributed by atoms with Crippen LogP contribution in [0.2, 0.25) is 10.0 Å². The van der Waals surface area contributed by atoms with Crippen molar-refractivity contribution in [1.29, 1.82) is 0 Å². The van der Waals surface area contributed by atoms with Gasteiger partial charge in [0, 0.05) is 16.8 Å². The van der Waals surface area contributed by atoms with Gasteiger partial charge in [-0.1, -0.05) is 23.2 Å². The third-order valence-electron chi connectivity index (χ3n) is 3.02. The fourth-order valence-corrected chi connectivity index (χ4v) is 2.23. The molecule has 0 spiro atoms. The van der Waals surface area contributed by atoms with E-state index < -0.39 is 22.4 Å². The van der Waals surface area contributed by atoms with Gasteiger partial charge in [0.25, 0.3) is 5.69 Å². The molecule has 0 aliphatic heterocycles. The number of nitrogens with one attached hydrogen (secondary N) is 2. The maximum Gasteiger partial charge on any atom is 0.314 e. The zero-order chi connectivity index (χ0) is 18.6. The molecule has 0 fully saturated rings. The second kappa shape index (κ2) is 7.82. The average molecular weight is 384 g/mol. The second-order valence-corrected chi connectivity index (χ2v) is 5.52. The summed E-state index contributed by atoms with van der Waals surface area (Å²) in [5.74, 6) is -1.72. The zero-order valence-corrected chi connectivity index (χ0v) is 14.2. The molecule has 8 nitrogen and oxygen atoms in total. The molecule has 0 aliphatic carbocycles. The molecule has 2 N–H and O–H groups in total. The van der Waals surface area contributed by atoms with Crippen LogP contribution in [0.4, 0.5) is 17.1 Å². The van der Waals surface area contributed by atoms with Gasteiger partial charge in [-0.2, -0.15) is 0 Å². The van der Waals surface area contributed by atoms with E-state index in [1.54, 1.807) is 6.07 Å². The van der Waals surface area contributed by atoms with Gasteiger partial charge in [-0.25, -0.2) is 0 Å². The van der Waals surface area contributed by atoms with Crippen molar-refractivity contribution in [1.82, 2.24) is 0 Å². The number of carbonyl (C=O) groups is 2. The Morgan fingerprint density at radius 1 is 1.08 bits per heavy atom. The zero-order valence-electron chi connectivity index (χ0n) is 12.7. The quantitative estimate of drug-likeness (QED) is 0.476. The lowest BCUT2D eigenvalue weighted by molar-refractivity contribution is -0.384. The van der Waals surface area contributed by atoms with E-state index in [0.717, 1.165) is 6.07 Å². The molecule has 0 unspecified atom stereocenters. The number of amides is 2. The van der Waals surface area contributed by atoms with Crippen LogP contribution < -0.4 is 15.4 Å². The van der Waals surface area contributed by atoms with Crippen LogP contribution in [0.25, 0.3) is 0 Å². The second-order valence-electron chi connectivity index (χ2n) is 4.68. The van der Waals surface area contributed by atoms with Crippen molar-refractivity contribution in [2.75, 3.05) is 17.7 Å². The van der Waals surface area contributed by atoms with Gasteiger partial charge in [-0.15, -0.1) is 0 Å². The highest BCUT2D eigenvalue weighted by Gasteiger charge is 2.19. The minimum absolute atomic E-state index is 0.0503. The number of carbonyl (C=O) groups excluding carboxylic acids is 2. The first-order chi connectivity index (χ1) is 11.8. The first kappa shape index (κ1) is 18.5. The predicted molar refractivity (Wildman–Crippen MR) is 93.4 cm³/mol. The number of halogens is 2. The summed E-state index contributed by atoms with van der Waals surface area (Å²) >= 11 is 11.5. The minimum Gasteiger partial charge on any atom is -0.495 e. The summed E-state index contributed by atoms with van der Waals surface area (Å²) in [7, 11) is 1.39. The van der Waals surface area contributed by atoms with Crippen LogP contribution in [-0.2, 0) is 9.59 Å². The van der Waals surface area contributed by atoms with E-state index in [4.69, 9.17) is 27.9 Å². The van der Waals surface area contributed by atoms with Crippen molar-refractivity contribution < 1.29 is 19.2 Å². The van der Waals surface area contributed by atoms with Crippen molar-refractivity contribution in [2.45, 2.75) is 0 Å². The lowest BCUT2D eigenvalue weighted by Crippen LogP contribution is -2.29. The number of nitro groups is 1. The number of ether oxygens (including phenoxy) is 1. The summed E-state index contributed by atoms with van der Waals surface area (Å²) in [6, 6.07) is 8.13. The highest BCUT2D eigenvalue weighted by atomic mass is 35.5. The van der Waals surface area contributed by atoms with Gasteiger partial charge in [0.2, 0.25) is 0 Å². The minimum atomic E-state index is -1.03. The Bertz CT molecular complexity index is 857. The molecule has 0 atom stereocenters. The van der Waals surface area contributed by atoms with Crippen LogP contribution in [0.5, 0.6) is 5.75 Å². The predicted octanol–water partition coefficient (Wildman–Crippen LogP) is 3.49. The molecular weight excluding hydrogens is 373 g/mol. The number of hydrogen-bond donors (Lipinski definition) is 2. The first-order valence-corrected chi connectivity index (χ1v) is 7.47. The number of anilines is 2. The number of nitrogens with zero attached hydrogens (tertiary/aromatic N) is 1. The highest BCUT2D eigenvalue weighted by Crippen LogP contribution is 2.28. The number of methoxy groups -OCH3 is 1. The summed E-state index contributed by atoms with van der Waals surface area (Å²) in [5.41, 5.74) is -0.136. The Labute approximate surface area is 151 Å². The summed E-state index contributed by atoms with van der Waals surface area (Å²) in [6.07, 6.45) is 0. The van der Waals surface area contributed by atoms with Gasteiger partial charge in [0.1, 0.15) is 10.8 Å². The Morgan fingerprint density at radius 3 is 2.40 bits per heavy atom. The molecule has 0 aromatic heterocycles. The van der Waals surface area contributed by atoms with Crippen molar-refractivity contribution in [2.24, 2.45) is 0 Å². The SMILES string of the molecule is COc1ccc(Cl)cc1NC(=O)C(=O)Nc1ccc(Cl)c([N+](=O)[O-])c1. The van der Waals surface area contributed by atoms with Crippen LogP contribution in [0, 0.1) is 10.1 Å². The van der Waals surface area contributed by atoms with E-state index in [1.165, 1.54) is 31.4 Å². The summed E-state index contributed by atoms with van der Waals surface area (Å²) in [5, 5.41) is 15.7. The Morgan fingerprint density at radius 2 is 1.76 bits per heavy atom. The fourth-order valence-electron chi connectivity index (χ4n) is 1.88. The molecule has 2 aromatic rings. The van der Waals surface area contributed by atoms with Crippen molar-refractivity contribution >= 4 is 52.1 Å². The molecule has 0 bridgehead atoms. The molecule has 0 saturated carbocycles. The lowest BCUT2D eigenvalue weighted by Gasteiger charge is -2.10. The lowest BCUT2D eigenvalue weighted by atomic mass is 10.2. The maximum atomic E-state index is 12.0. The number of nitro benzene ring substituents is 1. The van der Waals surface area contributed by atoms with Crippen LogP contribution in [0.15, 0.2) is 36.4 Å². The van der Waals surface area contributed by atoms with Gasteiger partial charge in [-0.3, -0.25) is 19.7 Å². The van der Waals surface area contributed by atoms with E-state index in [2.05, 4.69) is 10.6 Å². The molecule has 2 rings (SSSR count). The maximum absolute atomic E-state index is 12.0. The van der Waals surface area contributed by atoms with Gasteiger partial charge >= 0.3 is 11.8 Å². The molecular formula is C15H11Cl2N3O5. The number of rotatable bonds is 4. The summed E-state index contributed by atoms with van der Waals surface area (Å²) in [4.78, 5) is 34.1. The normalized spacial score (nSPS) is 10.0. The van der Waals surface area contributed by atoms with Crippen LogP contribution in [0.1, 0.15) is 0 Å². The Hall–Kier alpha value is -2.84. The van der Waals surface area contributed by atoms with Crippen molar-refractivity contribution in [3.63, 3.8) is 0 Å². The third-order valence-corrected chi connectivity index (χ3v) is 3.57. The molecule has 0 aliphatic rings. The number of benzene rings is 2. The summed E-state index contributed by atoms with van der Waals surface area (Å²) in [6.45, 7) is 0. The molecule has 2 amide bonds. The molecule has 0 heterocycles. The highest BCUT2D eigenvalue weighted by molar-refractivity contribution is 6.44. The summed E-state index contributed by atoms with van der Waals surface area (Å²) < 4.78 is 5.06. The third kappa shape index (κ3) is 4.59. The van der Waals surface area contributed by atoms with Gasteiger partial charge in [0.15, 0.2) is 0 Å². The molecule has 2 aromatic carbocycles. The standard InChI is InChI=1S/C15H11Cl2N3O5/c1-25-13-5-2-8(16)6-11(13)19-15(22)14(21)18-9-3-4-10(17)12(7-9)20(23)24/h2-7H,1H3,(H,18,21)(H,19,22). The van der Waals surface area contributed by atoms with Gasteiger partial charge < -0.3 is 15.4 Å². The largest absolute Gasteiger partial charge is 0.495 e. The molecule has 10 heteroatoms. The van der Waals surface area contributed by atoms with Crippen LogP contribution in [0.3, 0.4) is 0 Å². The van der Waals surface area contributed by atoms with E-state index >= 15 is 0 Å². The number of hydrogen-bond acceptors (Lipinski definition) is 5. The van der Waals surface area contributed by atoms with Crippen LogP contribution in [-0.4, -0.2) is 23.8 Å². The fraction of sp³-hybridized carbons (Fsp3) is 0.0667. The monoisotopic (exact) mass is 383 g/mol. The average Bonchev–Trinajstić information content (AvgIpc) is 2.56. The van der Waals surface area contributed by atoms with Gasteiger partial charge in [0.05, 0.1) is 17.7 Å². The van der Waals surface area contributed by atoms with E-state index in [-0.39, 0.29) is 16.4 Å². The van der Waals surface area contributed by atoms with Crippen molar-refractivity contribution in [3.05, 3.63) is 56.6 Å². The van der Waals surface area contributed by atoms with E-state index in [1.807, 2.05) is 0 Å². The first-order valence-electron chi connectivity index (χ1n) is 6.71. The molecule has 0 saturated heterocycles. The van der Waals surface area contributed by atoms with Crippen LogP contribution >= 0.6 is 23.2 Å². The topological polar surface area (TPSA) is 111 Å². The van der Waals surface area contributed by atoms with Crippen molar-refractivity contribution in [3.8, 4) is 5.75 Å². The van der Waals surface area contributed by atoms with E-state index in [0.29, 0.717) is 10.8 Å². The molecule has 130 valence electrons.